The molecule has 0 aliphatic heterocycles. The fourth-order valence-electron chi connectivity index (χ4n) is 3.41. The van der Waals surface area contributed by atoms with E-state index in [2.05, 4.69) is 26.3 Å². The molecule has 1 aromatic heterocycles. The molecule has 0 spiro atoms. The fraction of sp³-hybridized carbons (Fsp3) is 0.522. The second-order valence-corrected chi connectivity index (χ2v) is 8.19. The minimum atomic E-state index is -1.17. The van der Waals surface area contributed by atoms with Crippen LogP contribution < -0.4 is 16.0 Å². The number of rotatable bonds is 19. The molecule has 2 aromatic rings. The third kappa shape index (κ3) is 10.4. The van der Waals surface area contributed by atoms with Gasteiger partial charge >= 0.3 is 17.9 Å². The van der Waals surface area contributed by atoms with E-state index < -0.39 is 30.0 Å². The van der Waals surface area contributed by atoms with Gasteiger partial charge in [-0.15, -0.1) is 5.10 Å². The molecule has 0 aliphatic carbocycles. The van der Waals surface area contributed by atoms with Crippen molar-refractivity contribution in [1.82, 2.24) is 25.6 Å². The summed E-state index contributed by atoms with van der Waals surface area (Å²) in [6.07, 6.45) is 3.16. The molecule has 12 nitrogen and oxygen atoms in total. The van der Waals surface area contributed by atoms with Gasteiger partial charge in [-0.25, -0.2) is 4.68 Å². The lowest BCUT2D eigenvalue weighted by molar-refractivity contribution is -0.141. The Morgan fingerprint density at radius 3 is 2.22 bits per heavy atom. The number of aromatic nitrogens is 3. The Morgan fingerprint density at radius 2 is 1.58 bits per heavy atom. The van der Waals surface area contributed by atoms with E-state index in [4.69, 9.17) is 10.2 Å². The van der Waals surface area contributed by atoms with E-state index in [1.54, 1.807) is 10.9 Å². The van der Waals surface area contributed by atoms with Crippen LogP contribution in [0.25, 0.3) is 5.69 Å². The molecule has 1 heterocycles. The standard InChI is InChI=1S/C23H33FN6O6/c24-11-1-3-17-15-30(29-28-17)18-6-4-16(5-7-18)25-12-2-13-26-20(23(35)36)10-14-27-19(22(33)34)8-9-21(31)32/h4-7,15,19-20,25-27H,1-3,8-14H2,(H,31,32)(H,33,34)(H,35,36)/t19-,20+/m0/s1. The number of benzene rings is 1. The van der Waals surface area contributed by atoms with Gasteiger partial charge in [0.05, 0.1) is 24.3 Å². The minimum Gasteiger partial charge on any atom is -0.481 e. The smallest absolute Gasteiger partial charge is 0.320 e. The van der Waals surface area contributed by atoms with Gasteiger partial charge < -0.3 is 31.3 Å². The number of carbonyl (C=O) groups is 3. The molecule has 13 heteroatoms. The number of anilines is 1. The first-order chi connectivity index (χ1) is 17.3. The first-order valence-electron chi connectivity index (χ1n) is 11.8. The van der Waals surface area contributed by atoms with E-state index >= 15 is 0 Å². The summed E-state index contributed by atoms with van der Waals surface area (Å²) >= 11 is 0. The first-order valence-corrected chi connectivity index (χ1v) is 11.8. The predicted octanol–water partition coefficient (Wildman–Crippen LogP) is 1.31. The monoisotopic (exact) mass is 508 g/mol. The number of aliphatic carboxylic acids is 3. The highest BCUT2D eigenvalue weighted by molar-refractivity contribution is 5.75. The second kappa shape index (κ2) is 15.4. The summed E-state index contributed by atoms with van der Waals surface area (Å²) in [6, 6.07) is 5.63. The Morgan fingerprint density at radius 1 is 0.917 bits per heavy atom. The topological polar surface area (TPSA) is 179 Å². The van der Waals surface area contributed by atoms with E-state index in [9.17, 15) is 23.9 Å². The van der Waals surface area contributed by atoms with Crippen molar-refractivity contribution in [2.45, 2.75) is 50.6 Å². The first kappa shape index (κ1) is 28.7. The molecule has 6 N–H and O–H groups in total. The maximum Gasteiger partial charge on any atom is 0.320 e. The lowest BCUT2D eigenvalue weighted by atomic mass is 10.1. The zero-order valence-electron chi connectivity index (χ0n) is 19.9. The van der Waals surface area contributed by atoms with Crippen LogP contribution in [0.5, 0.6) is 0 Å². The van der Waals surface area contributed by atoms with Gasteiger partial charge in [0.1, 0.15) is 12.1 Å². The van der Waals surface area contributed by atoms with E-state index in [-0.39, 0.29) is 32.5 Å². The highest BCUT2D eigenvalue weighted by atomic mass is 19.1. The molecule has 198 valence electrons. The molecule has 2 atom stereocenters. The summed E-state index contributed by atoms with van der Waals surface area (Å²) in [5.41, 5.74) is 2.45. The molecule has 0 fully saturated rings. The predicted molar refractivity (Wildman–Crippen MR) is 129 cm³/mol. The molecule has 0 amide bonds. The molecule has 0 aliphatic rings. The maximum absolute atomic E-state index is 12.3. The van der Waals surface area contributed by atoms with Crippen molar-refractivity contribution < 1.29 is 34.1 Å². The highest BCUT2D eigenvalue weighted by Crippen LogP contribution is 2.13. The number of nitrogens with one attached hydrogen (secondary N) is 3. The zero-order chi connectivity index (χ0) is 26.3. The van der Waals surface area contributed by atoms with E-state index in [1.165, 1.54) is 0 Å². The van der Waals surface area contributed by atoms with E-state index in [0.29, 0.717) is 32.4 Å². The number of nitrogens with zero attached hydrogens (tertiary/aromatic N) is 3. The summed E-state index contributed by atoms with van der Waals surface area (Å²) in [5.74, 6) is -3.30. The molecule has 0 saturated carbocycles. The van der Waals surface area contributed by atoms with Crippen LogP contribution in [-0.4, -0.2) is 86.6 Å². The van der Waals surface area contributed by atoms with Gasteiger partial charge in [0.25, 0.3) is 0 Å². The molecule has 1 aromatic carbocycles. The molecule has 0 radical (unpaired) electrons. The number of hydrogen-bond donors (Lipinski definition) is 6. The molecular weight excluding hydrogens is 475 g/mol. The van der Waals surface area contributed by atoms with E-state index in [1.807, 2.05) is 24.3 Å². The summed E-state index contributed by atoms with van der Waals surface area (Å²) in [6.45, 7) is 0.766. The van der Waals surface area contributed by atoms with Crippen molar-refractivity contribution in [1.29, 1.82) is 0 Å². The van der Waals surface area contributed by atoms with Gasteiger partial charge in [0.2, 0.25) is 0 Å². The van der Waals surface area contributed by atoms with Crippen LogP contribution in [0.1, 0.15) is 37.8 Å². The number of alkyl halides is 1. The van der Waals surface area contributed by atoms with Crippen LogP contribution >= 0.6 is 0 Å². The van der Waals surface area contributed by atoms with Gasteiger partial charge in [-0.05, 0) is 69.5 Å². The second-order valence-electron chi connectivity index (χ2n) is 8.19. The van der Waals surface area contributed by atoms with Crippen molar-refractivity contribution in [2.24, 2.45) is 0 Å². The number of aryl methyl sites for hydroxylation is 1. The SMILES string of the molecule is O=C(O)CC[C@H](NCC[C@@H](NCCCNc1ccc(-n2cc(CCCF)nn2)cc1)C(=O)O)C(=O)O. The number of hydrogen-bond acceptors (Lipinski definition) is 8. The fourth-order valence-corrected chi connectivity index (χ4v) is 3.41. The van der Waals surface area contributed by atoms with Gasteiger partial charge in [-0.1, -0.05) is 5.21 Å². The van der Waals surface area contributed by atoms with Crippen LogP contribution in [0, 0.1) is 0 Å². The number of carboxylic acids is 3. The Kier molecular flexibility index (Phi) is 12.3. The lowest BCUT2D eigenvalue weighted by Gasteiger charge is -2.17. The molecule has 0 bridgehead atoms. The Balaban J connectivity index is 1.69. The quantitative estimate of drug-likeness (QED) is 0.151. The number of carboxylic acid groups (broad SMARTS) is 3. The maximum atomic E-state index is 12.3. The van der Waals surface area contributed by atoms with E-state index in [0.717, 1.165) is 17.1 Å². The Bertz CT molecular complexity index is 970. The van der Waals surface area contributed by atoms with Crippen LogP contribution in [0.4, 0.5) is 10.1 Å². The molecule has 0 unspecified atom stereocenters. The van der Waals surface area contributed by atoms with Crippen molar-refractivity contribution in [3.63, 3.8) is 0 Å². The average Bonchev–Trinajstić information content (AvgIpc) is 3.32. The normalized spacial score (nSPS) is 12.7. The largest absolute Gasteiger partial charge is 0.481 e. The Labute approximate surface area is 207 Å². The highest BCUT2D eigenvalue weighted by Gasteiger charge is 2.20. The van der Waals surface area contributed by atoms with Crippen LogP contribution in [0.3, 0.4) is 0 Å². The van der Waals surface area contributed by atoms with Crippen molar-refractivity contribution >= 4 is 23.6 Å². The third-order valence-electron chi connectivity index (χ3n) is 5.38. The molecule has 36 heavy (non-hydrogen) atoms. The van der Waals surface area contributed by atoms with Crippen LogP contribution in [-0.2, 0) is 20.8 Å². The van der Waals surface area contributed by atoms with Gasteiger partial charge in [-0.2, -0.15) is 0 Å². The number of halogens is 1. The molecule has 0 saturated heterocycles. The lowest BCUT2D eigenvalue weighted by Crippen LogP contribution is -2.43. The van der Waals surface area contributed by atoms with Crippen molar-refractivity contribution in [3.8, 4) is 5.69 Å². The van der Waals surface area contributed by atoms with Gasteiger partial charge in [-0.3, -0.25) is 18.8 Å². The Hall–Kier alpha value is -3.58. The minimum absolute atomic E-state index is 0.0805. The summed E-state index contributed by atoms with van der Waals surface area (Å²) < 4.78 is 13.9. The summed E-state index contributed by atoms with van der Waals surface area (Å²) in [5, 5.41) is 44.2. The van der Waals surface area contributed by atoms with Crippen molar-refractivity contribution in [2.75, 3.05) is 31.6 Å². The van der Waals surface area contributed by atoms with Crippen molar-refractivity contribution in [3.05, 3.63) is 36.2 Å². The summed E-state index contributed by atoms with van der Waals surface area (Å²) in [4.78, 5) is 33.3. The zero-order valence-corrected chi connectivity index (χ0v) is 19.9. The third-order valence-corrected chi connectivity index (χ3v) is 5.38. The molecular formula is C23H33FN6O6. The summed E-state index contributed by atoms with van der Waals surface area (Å²) in [7, 11) is 0. The average molecular weight is 509 g/mol. The van der Waals surface area contributed by atoms with Crippen LogP contribution in [0.15, 0.2) is 30.5 Å². The molecule has 2 rings (SSSR count). The van der Waals surface area contributed by atoms with Gasteiger partial charge in [0, 0.05) is 18.7 Å². The van der Waals surface area contributed by atoms with Gasteiger partial charge in [0.15, 0.2) is 0 Å². The van der Waals surface area contributed by atoms with Crippen LogP contribution in [0.2, 0.25) is 0 Å².